The molecule has 1 unspecified atom stereocenters. The van der Waals surface area contributed by atoms with E-state index < -0.39 is 5.60 Å². The number of amides is 1. The Balaban J connectivity index is 1.71. The van der Waals surface area contributed by atoms with Crippen LogP contribution in [-0.2, 0) is 4.79 Å². The highest BCUT2D eigenvalue weighted by Crippen LogP contribution is 2.44. The van der Waals surface area contributed by atoms with Crippen LogP contribution in [0, 0.1) is 11.8 Å². The number of hydrogen-bond acceptors (Lipinski definition) is 3. The maximum absolute atomic E-state index is 12.9. The van der Waals surface area contributed by atoms with Gasteiger partial charge in [-0.25, -0.2) is 0 Å². The number of methoxy groups -OCH3 is 1. The van der Waals surface area contributed by atoms with E-state index in [1.807, 2.05) is 12.1 Å². The van der Waals surface area contributed by atoms with Crippen LogP contribution >= 0.6 is 0 Å². The number of ether oxygens (including phenoxy) is 1. The van der Waals surface area contributed by atoms with E-state index in [-0.39, 0.29) is 17.9 Å². The first-order valence-electron chi connectivity index (χ1n) is 12.5. The molecule has 3 N–H and O–H groups in total. The third-order valence-electron chi connectivity index (χ3n) is 7.78. The smallest absolute Gasteiger partial charge is 0.275 e. The zero-order valence-corrected chi connectivity index (χ0v) is 19.8. The number of piperidine rings is 1. The van der Waals surface area contributed by atoms with E-state index in [1.165, 1.54) is 29.7 Å². The number of rotatable bonds is 10. The van der Waals surface area contributed by atoms with Crippen molar-refractivity contribution in [1.82, 2.24) is 5.32 Å². The Labute approximate surface area is 188 Å². The molecule has 2 aliphatic rings. The Hall–Kier alpha value is -1.59. The summed E-state index contributed by atoms with van der Waals surface area (Å²) < 4.78 is 5.35. The normalized spacial score (nSPS) is 29.1. The molecule has 0 spiro atoms. The largest absolute Gasteiger partial charge is 0.497 e. The molecule has 0 bridgehead atoms. The number of fused-ring (bicyclic) bond motifs is 1. The molecule has 5 heteroatoms. The number of quaternary nitrogens is 1. The zero-order chi connectivity index (χ0) is 22.3. The lowest BCUT2D eigenvalue weighted by molar-refractivity contribution is -0.937. The van der Waals surface area contributed by atoms with Crippen LogP contribution < -0.4 is 15.0 Å². The van der Waals surface area contributed by atoms with Crippen LogP contribution in [-0.4, -0.2) is 43.4 Å². The second-order valence-electron chi connectivity index (χ2n) is 9.76. The minimum Gasteiger partial charge on any atom is -0.497 e. The fourth-order valence-corrected chi connectivity index (χ4v) is 5.80. The molecule has 1 aliphatic heterocycles. The van der Waals surface area contributed by atoms with Crippen LogP contribution in [0.15, 0.2) is 24.3 Å². The number of aliphatic hydroxyl groups is 1. The molecule has 5 nitrogen and oxygen atoms in total. The highest BCUT2D eigenvalue weighted by molar-refractivity contribution is 5.76. The van der Waals surface area contributed by atoms with Crippen molar-refractivity contribution in [3.8, 4) is 5.75 Å². The van der Waals surface area contributed by atoms with Gasteiger partial charge in [0.15, 0.2) is 6.54 Å². The van der Waals surface area contributed by atoms with E-state index in [4.69, 9.17) is 4.74 Å². The number of carbonyl (C=O) groups excluding carboxylic acids is 1. The number of hydrogen-bond donors (Lipinski definition) is 3. The quantitative estimate of drug-likeness (QED) is 0.533. The molecule has 1 heterocycles. The Morgan fingerprint density at radius 2 is 2.03 bits per heavy atom. The Kier molecular flexibility index (Phi) is 8.79. The van der Waals surface area contributed by atoms with E-state index in [1.54, 1.807) is 7.11 Å². The predicted molar refractivity (Wildman–Crippen MR) is 124 cm³/mol. The lowest BCUT2D eigenvalue weighted by Crippen LogP contribution is -3.16. The third kappa shape index (κ3) is 6.01. The van der Waals surface area contributed by atoms with E-state index >= 15 is 0 Å². The molecule has 1 saturated carbocycles. The van der Waals surface area contributed by atoms with Gasteiger partial charge in [0.1, 0.15) is 11.8 Å². The predicted octanol–water partition coefficient (Wildman–Crippen LogP) is 3.28. The first-order valence-corrected chi connectivity index (χ1v) is 12.5. The average Bonchev–Trinajstić information content (AvgIpc) is 2.79. The molecule has 31 heavy (non-hydrogen) atoms. The average molecular weight is 432 g/mol. The maximum Gasteiger partial charge on any atom is 0.275 e. The van der Waals surface area contributed by atoms with Gasteiger partial charge in [-0.15, -0.1) is 0 Å². The van der Waals surface area contributed by atoms with E-state index in [9.17, 15) is 9.90 Å². The number of likely N-dealkylation sites (tertiary alicyclic amines) is 1. The zero-order valence-electron chi connectivity index (χ0n) is 19.8. The van der Waals surface area contributed by atoms with E-state index in [0.717, 1.165) is 57.4 Å². The SMILES string of the molecule is CCCC[C@H](CC)CNC(=O)C[NH+]1CC[C@@]2(O)CCCC[C@@H]2[C@@H]1c1ccc(OC)cc1. The van der Waals surface area contributed by atoms with Gasteiger partial charge in [0.2, 0.25) is 0 Å². The van der Waals surface area contributed by atoms with Gasteiger partial charge in [-0.1, -0.05) is 46.0 Å². The molecule has 1 aliphatic carbocycles. The summed E-state index contributed by atoms with van der Waals surface area (Å²) in [5.74, 6) is 1.76. The lowest BCUT2D eigenvalue weighted by atomic mass is 9.66. The summed E-state index contributed by atoms with van der Waals surface area (Å²) >= 11 is 0. The number of carbonyl (C=O) groups is 1. The molecule has 0 aromatic heterocycles. The van der Waals surface area contributed by atoms with Crippen molar-refractivity contribution in [2.45, 2.75) is 83.3 Å². The lowest BCUT2D eigenvalue weighted by Gasteiger charge is -2.50. The topological polar surface area (TPSA) is 63.0 Å². The minimum atomic E-state index is -0.587. The van der Waals surface area contributed by atoms with Crippen molar-refractivity contribution in [2.75, 3.05) is 26.7 Å². The Bertz CT molecular complexity index is 692. The van der Waals surface area contributed by atoms with Gasteiger partial charge >= 0.3 is 0 Å². The monoisotopic (exact) mass is 431 g/mol. The molecule has 5 atom stereocenters. The van der Waals surface area contributed by atoms with Crippen LogP contribution in [0.4, 0.5) is 0 Å². The van der Waals surface area contributed by atoms with E-state index in [2.05, 4.69) is 31.3 Å². The molecule has 3 rings (SSSR count). The molecule has 1 amide bonds. The summed E-state index contributed by atoms with van der Waals surface area (Å²) in [6.45, 7) is 6.53. The van der Waals surface area contributed by atoms with Gasteiger partial charge in [-0.2, -0.15) is 0 Å². The summed E-state index contributed by atoms with van der Waals surface area (Å²) in [4.78, 5) is 14.2. The molecule has 2 fully saturated rings. The van der Waals surface area contributed by atoms with Gasteiger partial charge in [0, 0.05) is 24.4 Å². The van der Waals surface area contributed by atoms with Gasteiger partial charge < -0.3 is 20.1 Å². The van der Waals surface area contributed by atoms with Gasteiger partial charge in [-0.3, -0.25) is 4.79 Å². The second kappa shape index (κ2) is 11.3. The number of nitrogens with one attached hydrogen (secondary N) is 2. The molecular formula is C26H43N2O3+. The van der Waals surface area contributed by atoms with Crippen LogP contribution in [0.25, 0.3) is 0 Å². The van der Waals surface area contributed by atoms with Crippen molar-refractivity contribution in [1.29, 1.82) is 0 Å². The molecule has 1 aromatic rings. The van der Waals surface area contributed by atoms with Crippen LogP contribution in [0.1, 0.15) is 83.2 Å². The van der Waals surface area contributed by atoms with E-state index in [0.29, 0.717) is 12.5 Å². The van der Waals surface area contributed by atoms with Crippen molar-refractivity contribution in [2.24, 2.45) is 11.8 Å². The summed E-state index contributed by atoms with van der Waals surface area (Å²) in [6, 6.07) is 8.41. The standard InChI is InChI=1S/C26H42N2O3/c1-4-6-9-20(5-2)18-27-24(29)19-28-17-16-26(30)15-8-7-10-23(26)25(28)21-11-13-22(31-3)14-12-21/h11-14,20,23,25,30H,4-10,15-19H2,1-3H3,(H,27,29)/p+1/t20-,23+,25-,26-/m0/s1. The summed E-state index contributed by atoms with van der Waals surface area (Å²) in [7, 11) is 1.68. The fraction of sp³-hybridized carbons (Fsp3) is 0.731. The summed E-state index contributed by atoms with van der Waals surface area (Å²) in [5.41, 5.74) is 0.624. The molecule has 1 aromatic carbocycles. The van der Waals surface area contributed by atoms with Crippen molar-refractivity contribution in [3.05, 3.63) is 29.8 Å². The second-order valence-corrected chi connectivity index (χ2v) is 9.76. The van der Waals surface area contributed by atoms with Gasteiger partial charge in [0.05, 0.1) is 19.3 Å². The first kappa shape index (κ1) is 24.1. The first-order chi connectivity index (χ1) is 15.0. The molecule has 0 radical (unpaired) electrons. The Morgan fingerprint density at radius 1 is 1.26 bits per heavy atom. The van der Waals surface area contributed by atoms with Crippen molar-refractivity contribution >= 4 is 5.91 Å². The van der Waals surface area contributed by atoms with Crippen LogP contribution in [0.5, 0.6) is 5.75 Å². The highest BCUT2D eigenvalue weighted by Gasteiger charge is 2.51. The summed E-state index contributed by atoms with van der Waals surface area (Å²) in [5, 5.41) is 14.6. The van der Waals surface area contributed by atoms with Crippen LogP contribution in [0.3, 0.4) is 0 Å². The van der Waals surface area contributed by atoms with Gasteiger partial charge in [0.25, 0.3) is 5.91 Å². The number of unbranched alkanes of at least 4 members (excludes halogenated alkanes) is 1. The highest BCUT2D eigenvalue weighted by atomic mass is 16.5. The van der Waals surface area contributed by atoms with Crippen LogP contribution in [0.2, 0.25) is 0 Å². The third-order valence-corrected chi connectivity index (χ3v) is 7.78. The van der Waals surface area contributed by atoms with Gasteiger partial charge in [-0.05, 0) is 49.4 Å². The molecular weight excluding hydrogens is 388 g/mol. The molecule has 1 saturated heterocycles. The maximum atomic E-state index is 12.9. The number of benzene rings is 1. The fourth-order valence-electron chi connectivity index (χ4n) is 5.80. The van der Waals surface area contributed by atoms with Crippen molar-refractivity contribution < 1.29 is 19.5 Å². The summed E-state index contributed by atoms with van der Waals surface area (Å²) in [6.07, 6.45) is 9.71. The van der Waals surface area contributed by atoms with Crippen molar-refractivity contribution in [3.63, 3.8) is 0 Å². The molecule has 174 valence electrons. The minimum absolute atomic E-state index is 0.143. The Morgan fingerprint density at radius 3 is 2.71 bits per heavy atom.